The summed E-state index contributed by atoms with van der Waals surface area (Å²) in [5, 5.41) is 0. The molecule has 1 atom stereocenters. The van der Waals surface area contributed by atoms with Crippen molar-refractivity contribution in [3.05, 3.63) is 0 Å². The van der Waals surface area contributed by atoms with Crippen LogP contribution >= 0.6 is 0 Å². The highest BCUT2D eigenvalue weighted by atomic mass is 16.6. The molecule has 0 aromatic heterocycles. The molecule has 11 heavy (non-hydrogen) atoms. The van der Waals surface area contributed by atoms with E-state index in [1.54, 1.807) is 0 Å². The second-order valence-corrected chi connectivity index (χ2v) is 3.69. The van der Waals surface area contributed by atoms with Gasteiger partial charge in [-0.15, -0.1) is 0 Å². The minimum Gasteiger partial charge on any atom is -0.302 e. The maximum absolute atomic E-state index is 5.09. The number of hydrogen-bond acceptors (Lipinski definition) is 2. The van der Waals surface area contributed by atoms with Crippen molar-refractivity contribution in [2.45, 2.75) is 51.6 Å². The Hall–Kier alpha value is -0.0800. The molecule has 0 bridgehead atoms. The van der Waals surface area contributed by atoms with Gasteiger partial charge < -0.3 is 4.84 Å². The number of nitrogens with two attached hydrogens (primary N) is 1. The third-order valence-corrected chi connectivity index (χ3v) is 2.62. The number of hydrogen-bond donors (Lipinski definition) is 1. The molecular formula is C9H19NO. The normalized spacial score (nSPS) is 23.5. The summed E-state index contributed by atoms with van der Waals surface area (Å²) in [5.74, 6) is 5.97. The Kier molecular flexibility index (Phi) is 3.87. The second-order valence-electron chi connectivity index (χ2n) is 3.69. The summed E-state index contributed by atoms with van der Waals surface area (Å²) in [5.41, 5.74) is 0. The zero-order valence-corrected chi connectivity index (χ0v) is 7.38. The molecule has 1 aliphatic carbocycles. The van der Waals surface area contributed by atoms with Crippen molar-refractivity contribution in [2.24, 2.45) is 11.8 Å². The van der Waals surface area contributed by atoms with Crippen molar-refractivity contribution in [2.75, 3.05) is 0 Å². The molecule has 2 nitrogen and oxygen atoms in total. The highest BCUT2D eigenvalue weighted by molar-refractivity contribution is 4.67. The maximum atomic E-state index is 5.09. The van der Waals surface area contributed by atoms with Crippen LogP contribution in [0.5, 0.6) is 0 Å². The highest BCUT2D eigenvalue weighted by Gasteiger charge is 2.15. The van der Waals surface area contributed by atoms with Gasteiger partial charge in [0.15, 0.2) is 0 Å². The molecule has 0 radical (unpaired) electrons. The monoisotopic (exact) mass is 157 g/mol. The van der Waals surface area contributed by atoms with Gasteiger partial charge in [-0.05, 0) is 19.3 Å². The van der Waals surface area contributed by atoms with Crippen LogP contribution in [0, 0.1) is 5.92 Å². The molecule has 2 heteroatoms. The van der Waals surface area contributed by atoms with Crippen LogP contribution in [0.1, 0.15) is 45.4 Å². The Labute approximate surface area is 69.1 Å². The minimum absolute atomic E-state index is 0.248. The summed E-state index contributed by atoms with van der Waals surface area (Å²) < 4.78 is 0. The van der Waals surface area contributed by atoms with Crippen LogP contribution in [0.3, 0.4) is 0 Å². The van der Waals surface area contributed by atoms with Gasteiger partial charge in [-0.25, -0.2) is 5.90 Å². The lowest BCUT2D eigenvalue weighted by Gasteiger charge is -2.23. The van der Waals surface area contributed by atoms with E-state index < -0.39 is 0 Å². The first kappa shape index (κ1) is 9.01. The van der Waals surface area contributed by atoms with Gasteiger partial charge in [-0.1, -0.05) is 32.1 Å². The average molecular weight is 157 g/mol. The Morgan fingerprint density at radius 3 is 2.55 bits per heavy atom. The molecule has 0 aliphatic heterocycles. The first-order valence-electron chi connectivity index (χ1n) is 4.68. The maximum Gasteiger partial charge on any atom is 0.0762 e. The molecule has 0 spiro atoms. The van der Waals surface area contributed by atoms with Crippen molar-refractivity contribution in [3.63, 3.8) is 0 Å². The number of rotatable bonds is 3. The van der Waals surface area contributed by atoms with Crippen LogP contribution in [0.25, 0.3) is 0 Å². The lowest BCUT2D eigenvalue weighted by Crippen LogP contribution is -2.19. The fraction of sp³-hybridized carbons (Fsp3) is 1.00. The predicted molar refractivity (Wildman–Crippen MR) is 45.9 cm³/mol. The summed E-state index contributed by atoms with van der Waals surface area (Å²) in [6.07, 6.45) is 8.40. The Bertz CT molecular complexity index is 99.7. The summed E-state index contributed by atoms with van der Waals surface area (Å²) in [7, 11) is 0. The average Bonchev–Trinajstić information content (AvgIpc) is 2.06. The second kappa shape index (κ2) is 4.73. The SMILES string of the molecule is CC(CC1CCCCC1)ON. The van der Waals surface area contributed by atoms with E-state index in [1.165, 1.54) is 32.1 Å². The van der Waals surface area contributed by atoms with Crippen LogP contribution < -0.4 is 5.90 Å². The van der Waals surface area contributed by atoms with Crippen LogP contribution in [0.15, 0.2) is 0 Å². The Morgan fingerprint density at radius 1 is 1.36 bits per heavy atom. The molecule has 1 fully saturated rings. The quantitative estimate of drug-likeness (QED) is 0.638. The molecule has 0 amide bonds. The smallest absolute Gasteiger partial charge is 0.0762 e. The minimum atomic E-state index is 0.248. The predicted octanol–water partition coefficient (Wildman–Crippen LogP) is 2.24. The first-order chi connectivity index (χ1) is 5.33. The van der Waals surface area contributed by atoms with E-state index in [0.717, 1.165) is 12.3 Å². The van der Waals surface area contributed by atoms with Crippen molar-refractivity contribution in [1.82, 2.24) is 0 Å². The van der Waals surface area contributed by atoms with Crippen molar-refractivity contribution < 1.29 is 4.84 Å². The fourth-order valence-electron chi connectivity index (χ4n) is 1.95. The third-order valence-electron chi connectivity index (χ3n) is 2.62. The topological polar surface area (TPSA) is 35.2 Å². The van der Waals surface area contributed by atoms with Crippen LogP contribution in [-0.2, 0) is 4.84 Å². The fourth-order valence-corrected chi connectivity index (χ4v) is 1.95. The van der Waals surface area contributed by atoms with Crippen LogP contribution in [-0.4, -0.2) is 6.10 Å². The summed E-state index contributed by atoms with van der Waals surface area (Å²) >= 11 is 0. The van der Waals surface area contributed by atoms with E-state index in [0.29, 0.717) is 0 Å². The van der Waals surface area contributed by atoms with E-state index in [2.05, 4.69) is 6.92 Å². The molecule has 66 valence electrons. The van der Waals surface area contributed by atoms with Gasteiger partial charge in [0.2, 0.25) is 0 Å². The van der Waals surface area contributed by atoms with Gasteiger partial charge in [0.1, 0.15) is 0 Å². The molecule has 1 saturated carbocycles. The van der Waals surface area contributed by atoms with Crippen LogP contribution in [0.4, 0.5) is 0 Å². The molecule has 1 aliphatic rings. The molecule has 0 aromatic carbocycles. The molecule has 2 N–H and O–H groups in total. The van der Waals surface area contributed by atoms with Gasteiger partial charge in [-0.3, -0.25) is 0 Å². The molecule has 0 heterocycles. The summed E-state index contributed by atoms with van der Waals surface area (Å²) in [6, 6.07) is 0. The van der Waals surface area contributed by atoms with E-state index in [1.807, 2.05) is 0 Å². The molecule has 1 unspecified atom stereocenters. The molecule has 0 aromatic rings. The van der Waals surface area contributed by atoms with Crippen molar-refractivity contribution in [1.29, 1.82) is 0 Å². The highest BCUT2D eigenvalue weighted by Crippen LogP contribution is 2.27. The largest absolute Gasteiger partial charge is 0.302 e. The van der Waals surface area contributed by atoms with Gasteiger partial charge in [0.05, 0.1) is 6.10 Å². The zero-order valence-electron chi connectivity index (χ0n) is 7.38. The van der Waals surface area contributed by atoms with Gasteiger partial charge in [0, 0.05) is 0 Å². The Balaban J connectivity index is 2.13. The Morgan fingerprint density at radius 2 is 2.00 bits per heavy atom. The van der Waals surface area contributed by atoms with Gasteiger partial charge >= 0.3 is 0 Å². The summed E-state index contributed by atoms with van der Waals surface area (Å²) in [6.45, 7) is 2.05. The standard InChI is InChI=1S/C9H19NO/c1-8(11-10)7-9-5-3-2-4-6-9/h8-9H,2-7,10H2,1H3. The first-order valence-corrected chi connectivity index (χ1v) is 4.68. The molecule has 1 rings (SSSR count). The third kappa shape index (κ3) is 3.21. The van der Waals surface area contributed by atoms with Crippen molar-refractivity contribution >= 4 is 0 Å². The van der Waals surface area contributed by atoms with E-state index >= 15 is 0 Å². The summed E-state index contributed by atoms with van der Waals surface area (Å²) in [4.78, 5) is 4.75. The van der Waals surface area contributed by atoms with E-state index in [4.69, 9.17) is 10.7 Å². The zero-order chi connectivity index (χ0) is 8.10. The molecule has 0 saturated heterocycles. The van der Waals surface area contributed by atoms with Crippen LogP contribution in [0.2, 0.25) is 0 Å². The lowest BCUT2D eigenvalue weighted by atomic mass is 9.86. The van der Waals surface area contributed by atoms with Crippen molar-refractivity contribution in [3.8, 4) is 0 Å². The lowest BCUT2D eigenvalue weighted by molar-refractivity contribution is 0.0440. The molecular weight excluding hydrogens is 138 g/mol. The van der Waals surface area contributed by atoms with E-state index in [9.17, 15) is 0 Å². The van der Waals surface area contributed by atoms with Gasteiger partial charge in [0.25, 0.3) is 0 Å². The van der Waals surface area contributed by atoms with Gasteiger partial charge in [-0.2, -0.15) is 0 Å². The van der Waals surface area contributed by atoms with E-state index in [-0.39, 0.29) is 6.10 Å².